The average Bonchev–Trinajstić information content (AvgIpc) is 2.41. The quantitative estimate of drug-likeness (QED) is 0.749. The molecule has 0 atom stereocenters. The van der Waals surface area contributed by atoms with Crippen LogP contribution in [0, 0.1) is 0 Å². The number of sulfonamides is 1. The van der Waals surface area contributed by atoms with Gasteiger partial charge in [-0.2, -0.15) is 4.31 Å². The molecule has 1 rings (SSSR count). The largest absolute Gasteiger partial charge is 0.465 e. The lowest BCUT2D eigenvalue weighted by molar-refractivity contribution is -0.143. The van der Waals surface area contributed by atoms with Crippen molar-refractivity contribution < 1.29 is 17.9 Å². The monoisotopic (exact) mass is 336 g/mol. The molecule has 21 heavy (non-hydrogen) atoms. The maximum absolute atomic E-state index is 12.5. The standard InChI is InChI=1S/C12H17ClN2O5S/c1-3-5-15(8-11(16)20-4-2)21(18,19)9-6-10(13)12(17)14-7-9/h6-7H,3-5,8H2,1-2H3,(H,14,17). The second kappa shape index (κ2) is 7.58. The number of carbonyl (C=O) groups is 1. The van der Waals surface area contributed by atoms with Crippen molar-refractivity contribution in [3.05, 3.63) is 27.6 Å². The summed E-state index contributed by atoms with van der Waals surface area (Å²) in [6.45, 7) is 3.35. The van der Waals surface area contributed by atoms with E-state index in [2.05, 4.69) is 4.98 Å². The van der Waals surface area contributed by atoms with Gasteiger partial charge >= 0.3 is 5.97 Å². The van der Waals surface area contributed by atoms with Gasteiger partial charge in [-0.15, -0.1) is 0 Å². The molecule has 1 N–H and O–H groups in total. The van der Waals surface area contributed by atoms with E-state index in [9.17, 15) is 18.0 Å². The molecule has 0 bridgehead atoms. The van der Waals surface area contributed by atoms with Gasteiger partial charge in [0.15, 0.2) is 0 Å². The summed E-state index contributed by atoms with van der Waals surface area (Å²) in [6.07, 6.45) is 1.58. The summed E-state index contributed by atoms with van der Waals surface area (Å²) < 4.78 is 30.7. The fourth-order valence-corrected chi connectivity index (χ4v) is 3.33. The van der Waals surface area contributed by atoms with E-state index in [0.29, 0.717) is 6.42 Å². The van der Waals surface area contributed by atoms with Crippen LogP contribution in [-0.4, -0.2) is 43.4 Å². The van der Waals surface area contributed by atoms with Crippen LogP contribution in [-0.2, 0) is 19.6 Å². The zero-order valence-electron chi connectivity index (χ0n) is 11.8. The van der Waals surface area contributed by atoms with E-state index in [0.717, 1.165) is 16.6 Å². The summed E-state index contributed by atoms with van der Waals surface area (Å²) in [7, 11) is -3.94. The number of halogens is 1. The number of aromatic nitrogens is 1. The molecule has 0 aliphatic rings. The van der Waals surface area contributed by atoms with Gasteiger partial charge in [0.05, 0.1) is 11.5 Å². The van der Waals surface area contributed by atoms with Crippen molar-refractivity contribution in [2.24, 2.45) is 0 Å². The minimum absolute atomic E-state index is 0.151. The van der Waals surface area contributed by atoms with Crippen LogP contribution in [0.1, 0.15) is 20.3 Å². The van der Waals surface area contributed by atoms with E-state index in [1.165, 1.54) is 0 Å². The first-order chi connectivity index (χ1) is 9.82. The van der Waals surface area contributed by atoms with Gasteiger partial charge in [0.2, 0.25) is 10.0 Å². The maximum atomic E-state index is 12.5. The fraction of sp³-hybridized carbons (Fsp3) is 0.500. The van der Waals surface area contributed by atoms with E-state index in [-0.39, 0.29) is 29.6 Å². The molecule has 0 aliphatic heterocycles. The van der Waals surface area contributed by atoms with E-state index < -0.39 is 21.6 Å². The molecular formula is C12H17ClN2O5S. The highest BCUT2D eigenvalue weighted by Gasteiger charge is 2.27. The number of hydrogen-bond donors (Lipinski definition) is 1. The summed E-state index contributed by atoms with van der Waals surface area (Å²) in [4.78, 5) is 24.8. The number of ether oxygens (including phenoxy) is 1. The van der Waals surface area contributed by atoms with Crippen molar-refractivity contribution in [1.82, 2.24) is 9.29 Å². The number of nitrogens with one attached hydrogen (secondary N) is 1. The molecule has 0 aromatic carbocycles. The zero-order chi connectivity index (χ0) is 16.0. The molecule has 1 aromatic rings. The molecule has 7 nitrogen and oxygen atoms in total. The topological polar surface area (TPSA) is 96.5 Å². The summed E-state index contributed by atoms with van der Waals surface area (Å²) in [5, 5.41) is -0.233. The first-order valence-corrected chi connectivity index (χ1v) is 8.18. The smallest absolute Gasteiger partial charge is 0.321 e. The van der Waals surface area contributed by atoms with Crippen LogP contribution < -0.4 is 5.56 Å². The van der Waals surface area contributed by atoms with E-state index >= 15 is 0 Å². The first kappa shape index (κ1) is 17.7. The van der Waals surface area contributed by atoms with Crippen molar-refractivity contribution in [1.29, 1.82) is 0 Å². The summed E-state index contributed by atoms with van der Waals surface area (Å²) >= 11 is 5.64. The van der Waals surface area contributed by atoms with Gasteiger partial charge in [-0.3, -0.25) is 9.59 Å². The van der Waals surface area contributed by atoms with Crippen LogP contribution in [0.4, 0.5) is 0 Å². The van der Waals surface area contributed by atoms with Crippen LogP contribution in [0.5, 0.6) is 0 Å². The molecule has 0 saturated carbocycles. The third-order valence-corrected chi connectivity index (χ3v) is 4.66. The van der Waals surface area contributed by atoms with Gasteiger partial charge in [0.25, 0.3) is 5.56 Å². The average molecular weight is 337 g/mol. The summed E-state index contributed by atoms with van der Waals surface area (Å²) in [5.74, 6) is -0.634. The number of rotatable bonds is 7. The SMILES string of the molecule is CCCN(CC(=O)OCC)S(=O)(=O)c1c[nH]c(=O)c(Cl)c1. The number of carbonyl (C=O) groups excluding carboxylic acids is 1. The van der Waals surface area contributed by atoms with Crippen molar-refractivity contribution >= 4 is 27.6 Å². The van der Waals surface area contributed by atoms with Gasteiger partial charge < -0.3 is 9.72 Å². The highest BCUT2D eigenvalue weighted by molar-refractivity contribution is 7.89. The van der Waals surface area contributed by atoms with E-state index in [1.54, 1.807) is 13.8 Å². The molecule has 118 valence electrons. The van der Waals surface area contributed by atoms with E-state index in [1.807, 2.05) is 0 Å². The Balaban J connectivity index is 3.11. The Bertz CT molecular complexity index is 656. The van der Waals surface area contributed by atoms with E-state index in [4.69, 9.17) is 16.3 Å². The molecule has 0 fully saturated rings. The Labute approximate surface area is 127 Å². The third kappa shape index (κ3) is 4.55. The van der Waals surface area contributed by atoms with Crippen LogP contribution >= 0.6 is 11.6 Å². The second-order valence-corrected chi connectivity index (χ2v) is 6.50. The Hall–Kier alpha value is -1.38. The van der Waals surface area contributed by atoms with Gasteiger partial charge in [-0.25, -0.2) is 8.42 Å². The number of aromatic amines is 1. The predicted octanol–water partition coefficient (Wildman–Crippen LogP) is 0.992. The first-order valence-electron chi connectivity index (χ1n) is 6.36. The fourth-order valence-electron chi connectivity index (χ4n) is 1.62. The molecule has 9 heteroatoms. The molecule has 0 saturated heterocycles. The van der Waals surface area contributed by atoms with Crippen molar-refractivity contribution in [2.45, 2.75) is 25.2 Å². The Morgan fingerprint density at radius 1 is 1.43 bits per heavy atom. The number of esters is 1. The molecule has 0 radical (unpaired) electrons. The second-order valence-electron chi connectivity index (χ2n) is 4.16. The van der Waals surface area contributed by atoms with Gasteiger partial charge in [-0.1, -0.05) is 18.5 Å². The van der Waals surface area contributed by atoms with Crippen LogP contribution in [0.25, 0.3) is 0 Å². The normalized spacial score (nSPS) is 11.6. The number of nitrogens with zero attached hydrogens (tertiary/aromatic N) is 1. The highest BCUT2D eigenvalue weighted by Crippen LogP contribution is 2.17. The summed E-state index contributed by atoms with van der Waals surface area (Å²) in [5.41, 5.74) is -0.581. The van der Waals surface area contributed by atoms with Gasteiger partial charge in [0, 0.05) is 12.7 Å². The molecule has 1 aromatic heterocycles. The number of H-pyrrole nitrogens is 1. The Kier molecular flexibility index (Phi) is 6.38. The van der Waals surface area contributed by atoms with Gasteiger partial charge in [0.1, 0.15) is 11.6 Å². The minimum Gasteiger partial charge on any atom is -0.465 e. The third-order valence-electron chi connectivity index (χ3n) is 2.55. The maximum Gasteiger partial charge on any atom is 0.321 e. The van der Waals surface area contributed by atoms with Crippen LogP contribution in [0.15, 0.2) is 22.0 Å². The number of hydrogen-bond acceptors (Lipinski definition) is 5. The molecule has 0 aliphatic carbocycles. The minimum atomic E-state index is -3.94. The molecule has 0 amide bonds. The van der Waals surface area contributed by atoms with Crippen molar-refractivity contribution in [2.75, 3.05) is 19.7 Å². The number of pyridine rings is 1. The van der Waals surface area contributed by atoms with Crippen LogP contribution in [0.2, 0.25) is 5.02 Å². The zero-order valence-corrected chi connectivity index (χ0v) is 13.3. The van der Waals surface area contributed by atoms with Crippen molar-refractivity contribution in [3.8, 4) is 0 Å². The Morgan fingerprint density at radius 3 is 2.62 bits per heavy atom. The lowest BCUT2D eigenvalue weighted by Gasteiger charge is -2.20. The predicted molar refractivity (Wildman–Crippen MR) is 77.8 cm³/mol. The molecule has 0 spiro atoms. The van der Waals surface area contributed by atoms with Crippen LogP contribution in [0.3, 0.4) is 0 Å². The van der Waals surface area contributed by atoms with Gasteiger partial charge in [-0.05, 0) is 19.4 Å². The molecular weight excluding hydrogens is 320 g/mol. The van der Waals surface area contributed by atoms with Crippen molar-refractivity contribution in [3.63, 3.8) is 0 Å². The Morgan fingerprint density at radius 2 is 2.10 bits per heavy atom. The summed E-state index contributed by atoms with van der Waals surface area (Å²) in [6, 6.07) is 1.06. The molecule has 1 heterocycles. The molecule has 0 unspecified atom stereocenters. The lowest BCUT2D eigenvalue weighted by Crippen LogP contribution is -2.37. The lowest BCUT2D eigenvalue weighted by atomic mass is 10.5. The highest BCUT2D eigenvalue weighted by atomic mass is 35.5.